The topological polar surface area (TPSA) is 86.5 Å². The van der Waals surface area contributed by atoms with E-state index in [1.165, 1.54) is 33.4 Å². The van der Waals surface area contributed by atoms with Crippen molar-refractivity contribution in [2.24, 2.45) is 11.3 Å². The van der Waals surface area contributed by atoms with Gasteiger partial charge < -0.3 is 20.5 Å². The third kappa shape index (κ3) is 4.55. The van der Waals surface area contributed by atoms with Crippen LogP contribution >= 0.6 is 0 Å². The number of nitrogens with zero attached hydrogens (tertiary/aromatic N) is 1. The number of ether oxygens (including phenoxy) is 2. The minimum atomic E-state index is 0.116. The average Bonchev–Trinajstić information content (AvgIpc) is 3.57. The number of rotatable bonds is 8. The Morgan fingerprint density at radius 1 is 1.18 bits per heavy atom. The van der Waals surface area contributed by atoms with Crippen molar-refractivity contribution in [2.45, 2.75) is 58.9 Å². The second-order valence-corrected chi connectivity index (χ2v) is 11.9. The van der Waals surface area contributed by atoms with E-state index in [0.717, 1.165) is 55.3 Å². The van der Waals surface area contributed by atoms with Crippen LogP contribution in [0.3, 0.4) is 0 Å². The lowest BCUT2D eigenvalue weighted by molar-refractivity contribution is -0.120. The molecule has 3 aromatic rings. The summed E-state index contributed by atoms with van der Waals surface area (Å²) in [7, 11) is 0. The van der Waals surface area contributed by atoms with Gasteiger partial charge in [-0.15, -0.1) is 0 Å². The molecule has 2 aromatic carbocycles. The predicted molar refractivity (Wildman–Crippen MR) is 151 cm³/mol. The molecule has 1 saturated heterocycles. The van der Waals surface area contributed by atoms with Gasteiger partial charge >= 0.3 is 0 Å². The van der Waals surface area contributed by atoms with E-state index in [4.69, 9.17) is 15.2 Å². The molecule has 198 valence electrons. The second kappa shape index (κ2) is 9.42. The minimum Gasteiger partial charge on any atom is -0.493 e. The molecule has 1 aliphatic heterocycles. The molecule has 3 aliphatic rings. The molecule has 0 radical (unpaired) electrons. The largest absolute Gasteiger partial charge is 0.493 e. The van der Waals surface area contributed by atoms with E-state index in [9.17, 15) is 4.79 Å². The predicted octanol–water partition coefficient (Wildman–Crippen LogP) is 6.15. The SMILES string of the molecule is CC(=O)[C@H]1C[C@@H]1c1ccc(N[C@@H]2CCc3c(-c4c(C)cc(OCC5(C)COC5)cc4C)ccc(N)c32)cn1. The molecular formula is C32H37N3O3. The van der Waals surface area contributed by atoms with Crippen molar-refractivity contribution in [3.63, 3.8) is 0 Å². The van der Waals surface area contributed by atoms with Crippen molar-refractivity contribution < 1.29 is 14.3 Å². The first-order chi connectivity index (χ1) is 18.2. The number of benzene rings is 2. The fraction of sp³-hybridized carbons (Fsp3) is 0.438. The third-order valence-corrected chi connectivity index (χ3v) is 8.51. The smallest absolute Gasteiger partial charge is 0.133 e. The number of Topliss-reactive ketones (excluding diaryl/α,β-unsaturated/α-hetero) is 1. The first-order valence-electron chi connectivity index (χ1n) is 13.7. The van der Waals surface area contributed by atoms with Gasteiger partial charge in [-0.1, -0.05) is 13.0 Å². The Morgan fingerprint density at radius 2 is 1.95 bits per heavy atom. The molecule has 6 rings (SSSR count). The molecule has 0 unspecified atom stereocenters. The van der Waals surface area contributed by atoms with Crippen LogP contribution in [0.5, 0.6) is 5.75 Å². The van der Waals surface area contributed by atoms with Crippen LogP contribution in [0.15, 0.2) is 42.6 Å². The Morgan fingerprint density at radius 3 is 2.55 bits per heavy atom. The second-order valence-electron chi connectivity index (χ2n) is 11.9. The lowest BCUT2D eigenvalue weighted by Crippen LogP contribution is -2.44. The molecule has 0 amide bonds. The maximum absolute atomic E-state index is 11.6. The number of aryl methyl sites for hydroxylation is 2. The molecule has 6 nitrogen and oxygen atoms in total. The Labute approximate surface area is 225 Å². The van der Waals surface area contributed by atoms with Crippen LogP contribution in [-0.4, -0.2) is 30.6 Å². The summed E-state index contributed by atoms with van der Waals surface area (Å²) < 4.78 is 11.5. The summed E-state index contributed by atoms with van der Waals surface area (Å²) in [6.45, 7) is 10.4. The van der Waals surface area contributed by atoms with E-state index in [1.807, 2.05) is 12.3 Å². The Kier molecular flexibility index (Phi) is 6.18. The third-order valence-electron chi connectivity index (χ3n) is 8.51. The molecule has 2 fully saturated rings. The first-order valence-corrected chi connectivity index (χ1v) is 13.7. The molecule has 1 saturated carbocycles. The summed E-state index contributed by atoms with van der Waals surface area (Å²) in [6, 6.07) is 12.8. The average molecular weight is 512 g/mol. The van der Waals surface area contributed by atoms with Crippen molar-refractivity contribution in [2.75, 3.05) is 30.9 Å². The lowest BCUT2D eigenvalue weighted by atomic mass is 9.89. The number of anilines is 2. The van der Waals surface area contributed by atoms with Gasteiger partial charge in [0.2, 0.25) is 0 Å². The van der Waals surface area contributed by atoms with Gasteiger partial charge in [-0.2, -0.15) is 0 Å². The van der Waals surface area contributed by atoms with E-state index in [2.05, 4.69) is 61.4 Å². The normalized spacial score (nSPS) is 22.9. The molecule has 0 bridgehead atoms. The number of aromatic nitrogens is 1. The fourth-order valence-electron chi connectivity index (χ4n) is 6.28. The zero-order valence-electron chi connectivity index (χ0n) is 22.8. The molecular weight excluding hydrogens is 474 g/mol. The number of nitrogens with one attached hydrogen (secondary N) is 1. The van der Waals surface area contributed by atoms with Crippen molar-refractivity contribution >= 4 is 17.2 Å². The van der Waals surface area contributed by atoms with Gasteiger partial charge in [-0.05, 0) is 98.2 Å². The minimum absolute atomic E-state index is 0.116. The van der Waals surface area contributed by atoms with Crippen LogP contribution in [0.4, 0.5) is 11.4 Å². The number of hydrogen-bond acceptors (Lipinski definition) is 6. The highest BCUT2D eigenvalue weighted by molar-refractivity contribution is 5.82. The number of hydrogen-bond donors (Lipinski definition) is 2. The summed E-state index contributed by atoms with van der Waals surface area (Å²) in [5, 5.41) is 3.68. The van der Waals surface area contributed by atoms with E-state index < -0.39 is 0 Å². The highest BCUT2D eigenvalue weighted by Crippen LogP contribution is 2.48. The van der Waals surface area contributed by atoms with Crippen LogP contribution in [0.1, 0.15) is 66.6 Å². The van der Waals surface area contributed by atoms with E-state index in [1.54, 1.807) is 6.92 Å². The zero-order valence-corrected chi connectivity index (χ0v) is 22.8. The number of ketones is 1. The van der Waals surface area contributed by atoms with Crippen molar-refractivity contribution in [3.8, 4) is 16.9 Å². The van der Waals surface area contributed by atoms with Gasteiger partial charge in [0.25, 0.3) is 0 Å². The van der Waals surface area contributed by atoms with Gasteiger partial charge in [0.1, 0.15) is 11.5 Å². The number of fused-ring (bicyclic) bond motifs is 1. The van der Waals surface area contributed by atoms with Crippen LogP contribution in [-0.2, 0) is 16.0 Å². The van der Waals surface area contributed by atoms with Crippen molar-refractivity contribution in [1.82, 2.24) is 4.98 Å². The monoisotopic (exact) mass is 511 g/mol. The maximum atomic E-state index is 11.6. The first kappa shape index (κ1) is 24.9. The molecule has 2 heterocycles. The van der Waals surface area contributed by atoms with E-state index >= 15 is 0 Å². The quantitative estimate of drug-likeness (QED) is 0.353. The highest BCUT2D eigenvalue weighted by atomic mass is 16.5. The molecule has 2 aliphatic carbocycles. The van der Waals surface area contributed by atoms with Gasteiger partial charge in [0, 0.05) is 34.2 Å². The van der Waals surface area contributed by atoms with Crippen molar-refractivity contribution in [3.05, 3.63) is 70.5 Å². The lowest BCUT2D eigenvalue weighted by Gasteiger charge is -2.37. The number of nitrogens with two attached hydrogens (primary N) is 1. The number of pyridine rings is 1. The van der Waals surface area contributed by atoms with Crippen LogP contribution in [0, 0.1) is 25.2 Å². The van der Waals surface area contributed by atoms with E-state index in [0.29, 0.717) is 6.61 Å². The molecule has 3 N–H and O–H groups in total. The summed E-state index contributed by atoms with van der Waals surface area (Å²) in [5.41, 5.74) is 17.0. The van der Waals surface area contributed by atoms with E-state index in [-0.39, 0.29) is 29.1 Å². The molecule has 6 heteroatoms. The Bertz CT molecular complexity index is 1370. The number of nitrogen functional groups attached to an aromatic ring is 1. The number of carbonyl (C=O) groups excluding carboxylic acids is 1. The summed E-state index contributed by atoms with van der Waals surface area (Å²) in [5.74, 6) is 1.61. The van der Waals surface area contributed by atoms with Gasteiger partial charge in [0.05, 0.1) is 37.7 Å². The molecule has 0 spiro atoms. The molecule has 1 aromatic heterocycles. The van der Waals surface area contributed by atoms with Gasteiger partial charge in [-0.25, -0.2) is 0 Å². The molecule has 3 atom stereocenters. The van der Waals surface area contributed by atoms with Gasteiger partial charge in [0.15, 0.2) is 0 Å². The summed E-state index contributed by atoms with van der Waals surface area (Å²) in [6.07, 6.45) is 4.76. The highest BCUT2D eigenvalue weighted by Gasteiger charge is 2.42. The van der Waals surface area contributed by atoms with Crippen LogP contribution in [0.2, 0.25) is 0 Å². The van der Waals surface area contributed by atoms with Gasteiger partial charge in [-0.3, -0.25) is 9.78 Å². The Hall–Kier alpha value is -3.38. The van der Waals surface area contributed by atoms with Crippen molar-refractivity contribution in [1.29, 1.82) is 0 Å². The van der Waals surface area contributed by atoms with Crippen LogP contribution < -0.4 is 15.8 Å². The summed E-state index contributed by atoms with van der Waals surface area (Å²) in [4.78, 5) is 16.3. The number of carbonyl (C=O) groups is 1. The molecule has 38 heavy (non-hydrogen) atoms. The zero-order chi connectivity index (χ0) is 26.6. The maximum Gasteiger partial charge on any atom is 0.133 e. The Balaban J connectivity index is 1.22. The summed E-state index contributed by atoms with van der Waals surface area (Å²) >= 11 is 0. The fourth-order valence-corrected chi connectivity index (χ4v) is 6.28. The van der Waals surface area contributed by atoms with Crippen LogP contribution in [0.25, 0.3) is 11.1 Å². The standard InChI is InChI=1S/C32H37N3O3/c1-18-11-22(38-17-32(4)15-37-16-32)12-19(2)30(18)23-6-8-27(33)31-24(23)7-10-29(31)35-21-5-9-28(34-14-21)26-13-25(26)20(3)36/h5-6,8-9,11-12,14,25-26,29,35H,7,10,13,15-17,33H2,1-4H3/t25-,26+,29-/m1/s1.